The molecule has 0 amide bonds. The molecule has 0 aliphatic carbocycles. The molecule has 4 nitrogen and oxygen atoms in total. The molecule has 0 aromatic carbocycles. The number of thiol groups is 1. The van der Waals surface area contributed by atoms with Crippen molar-refractivity contribution in [1.82, 2.24) is 4.90 Å². The molecule has 0 fully saturated rings. The van der Waals surface area contributed by atoms with Gasteiger partial charge in [0.05, 0.1) is 0 Å². The molecule has 0 radical (unpaired) electrons. The summed E-state index contributed by atoms with van der Waals surface area (Å²) < 4.78 is 0.690. The average Bonchev–Trinajstić information content (AvgIpc) is 1.69. The van der Waals surface area contributed by atoms with E-state index in [1.54, 1.807) is 0 Å². The summed E-state index contributed by atoms with van der Waals surface area (Å²) in [5.74, 6) is 0. The van der Waals surface area contributed by atoms with Crippen molar-refractivity contribution in [3.05, 3.63) is 0 Å². The molecule has 0 rings (SSSR count). The van der Waals surface area contributed by atoms with Crippen molar-refractivity contribution in [2.75, 3.05) is 13.1 Å². The Labute approximate surface area is 108 Å². The summed E-state index contributed by atoms with van der Waals surface area (Å²) in [6.07, 6.45) is 0. The monoisotopic (exact) mass is 227 g/mol. The number of nitrogens with zero attached hydrogens (tertiary/aromatic N) is 1. The van der Waals surface area contributed by atoms with E-state index in [1.807, 2.05) is 4.90 Å². The van der Waals surface area contributed by atoms with Gasteiger partial charge in [0, 0.05) is 13.1 Å². The van der Waals surface area contributed by atoms with E-state index in [1.165, 1.54) is 0 Å². The molecule has 0 aromatic heterocycles. The summed E-state index contributed by atoms with van der Waals surface area (Å²) in [5, 5.41) is 0. The molecule has 0 saturated carbocycles. The maximum absolute atomic E-state index is 4.81. The van der Waals surface area contributed by atoms with Crippen LogP contribution in [0.3, 0.4) is 0 Å². The Kier molecular flexibility index (Phi) is 43.9. The van der Waals surface area contributed by atoms with Crippen molar-refractivity contribution < 1.29 is 47.4 Å². The molecule has 0 spiro atoms. The number of hydrogen-bond acceptors (Lipinski definition) is 1. The van der Waals surface area contributed by atoms with Crippen LogP contribution in [0.2, 0.25) is 0 Å². The maximum Gasteiger partial charge on any atom is 1.00 e. The van der Waals surface area contributed by atoms with Gasteiger partial charge in [0.1, 0.15) is 4.32 Å². The standard InChI is InChI=1S/C5H11NS2.Na.3H2O.H/c1-3-6(4-2)5(7)8;;;;;/h3-4H2,1-2H3,(H,7,8);;3*1H2;/q;+1;;;;-1. The number of rotatable bonds is 2. The summed E-state index contributed by atoms with van der Waals surface area (Å²) in [4.78, 5) is 2.01. The van der Waals surface area contributed by atoms with Gasteiger partial charge in [-0.15, -0.1) is 12.6 Å². The van der Waals surface area contributed by atoms with E-state index in [0.717, 1.165) is 13.1 Å². The zero-order valence-corrected chi connectivity index (χ0v) is 11.4. The van der Waals surface area contributed by atoms with Crippen molar-refractivity contribution in [3.8, 4) is 0 Å². The van der Waals surface area contributed by atoms with E-state index in [4.69, 9.17) is 12.2 Å². The first kappa shape index (κ1) is 29.2. The second kappa shape index (κ2) is 18.0. The van der Waals surface area contributed by atoms with Crippen LogP contribution in [0.5, 0.6) is 0 Å². The van der Waals surface area contributed by atoms with E-state index in [-0.39, 0.29) is 47.4 Å². The fourth-order valence-corrected chi connectivity index (χ4v) is 1.04. The zero-order valence-electron chi connectivity index (χ0n) is 8.72. The number of hydrogen-bond donors (Lipinski definition) is 1. The van der Waals surface area contributed by atoms with Crippen molar-refractivity contribution >= 4 is 29.2 Å². The summed E-state index contributed by atoms with van der Waals surface area (Å²) in [6, 6.07) is 0. The smallest absolute Gasteiger partial charge is 1.00 e. The SMILES string of the molecule is CCN(CC)C(=S)S.O.O.O.[H-].[Na+]. The van der Waals surface area contributed by atoms with Crippen molar-refractivity contribution in [2.45, 2.75) is 13.8 Å². The fraction of sp³-hybridized carbons (Fsp3) is 0.800. The van der Waals surface area contributed by atoms with Crippen LogP contribution in [0.1, 0.15) is 15.3 Å². The minimum atomic E-state index is 0. The van der Waals surface area contributed by atoms with Gasteiger partial charge in [0.25, 0.3) is 0 Å². The van der Waals surface area contributed by atoms with Gasteiger partial charge in [0.15, 0.2) is 0 Å². The topological polar surface area (TPSA) is 97.7 Å². The molecule has 12 heavy (non-hydrogen) atoms. The van der Waals surface area contributed by atoms with Crippen molar-refractivity contribution in [1.29, 1.82) is 0 Å². The molecule has 0 aromatic rings. The van der Waals surface area contributed by atoms with E-state index in [9.17, 15) is 0 Å². The van der Waals surface area contributed by atoms with Crippen LogP contribution in [0.4, 0.5) is 0 Å². The molecule has 0 saturated heterocycles. The second-order valence-corrected chi connectivity index (χ2v) is 2.57. The van der Waals surface area contributed by atoms with Gasteiger partial charge >= 0.3 is 29.6 Å². The fourth-order valence-electron chi connectivity index (χ4n) is 0.494. The summed E-state index contributed by atoms with van der Waals surface area (Å²) in [7, 11) is 0. The molecular formula is C5H18NNaO3S2. The first-order chi connectivity index (χ1) is 3.72. The van der Waals surface area contributed by atoms with Crippen LogP contribution in [0, 0.1) is 0 Å². The normalized spacial score (nSPS) is 5.92. The maximum atomic E-state index is 4.81. The second-order valence-electron chi connectivity index (χ2n) is 1.45. The Balaban J connectivity index is -0.0000000245. The zero-order chi connectivity index (χ0) is 6.57. The van der Waals surface area contributed by atoms with E-state index in [2.05, 4.69) is 26.5 Å². The van der Waals surface area contributed by atoms with Gasteiger partial charge in [-0.1, -0.05) is 12.2 Å². The third kappa shape index (κ3) is 13.7. The molecule has 0 bridgehead atoms. The Bertz CT molecular complexity index is 97.8. The molecule has 6 N–H and O–H groups in total. The quantitative estimate of drug-likeness (QED) is 0.297. The first-order valence-corrected chi connectivity index (χ1v) is 3.55. The van der Waals surface area contributed by atoms with Gasteiger partial charge in [-0.2, -0.15) is 0 Å². The predicted octanol–water partition coefficient (Wildman–Crippen LogP) is -3.81. The van der Waals surface area contributed by atoms with Crippen LogP contribution in [0.25, 0.3) is 0 Å². The van der Waals surface area contributed by atoms with Gasteiger partial charge in [-0.05, 0) is 13.8 Å². The van der Waals surface area contributed by atoms with Crippen LogP contribution >= 0.6 is 24.8 Å². The molecule has 0 unspecified atom stereocenters. The third-order valence-electron chi connectivity index (χ3n) is 1.03. The van der Waals surface area contributed by atoms with Crippen LogP contribution < -0.4 is 29.6 Å². The van der Waals surface area contributed by atoms with Crippen molar-refractivity contribution in [2.24, 2.45) is 0 Å². The molecular weight excluding hydrogens is 209 g/mol. The van der Waals surface area contributed by atoms with Gasteiger partial charge in [-0.3, -0.25) is 0 Å². The largest absolute Gasteiger partial charge is 1.00 e. The minimum Gasteiger partial charge on any atom is -1.00 e. The predicted molar refractivity (Wildman–Crippen MR) is 56.5 cm³/mol. The summed E-state index contributed by atoms with van der Waals surface area (Å²) in [6.45, 7) is 6.04. The van der Waals surface area contributed by atoms with E-state index >= 15 is 0 Å². The Morgan fingerprint density at radius 3 is 1.50 bits per heavy atom. The summed E-state index contributed by atoms with van der Waals surface area (Å²) >= 11 is 8.82. The van der Waals surface area contributed by atoms with Crippen LogP contribution in [0.15, 0.2) is 0 Å². The minimum absolute atomic E-state index is 0. The van der Waals surface area contributed by atoms with Gasteiger partial charge in [0.2, 0.25) is 0 Å². The molecule has 0 aliphatic heterocycles. The average molecular weight is 227 g/mol. The van der Waals surface area contributed by atoms with Gasteiger partial charge in [-0.25, -0.2) is 0 Å². The Hall–Kier alpha value is 1.12. The Morgan fingerprint density at radius 2 is 1.50 bits per heavy atom. The Morgan fingerprint density at radius 1 is 1.25 bits per heavy atom. The molecule has 74 valence electrons. The van der Waals surface area contributed by atoms with Crippen LogP contribution in [-0.4, -0.2) is 38.7 Å². The molecule has 0 aliphatic rings. The van der Waals surface area contributed by atoms with Gasteiger partial charge < -0.3 is 22.8 Å². The summed E-state index contributed by atoms with van der Waals surface area (Å²) in [5.41, 5.74) is 0. The van der Waals surface area contributed by atoms with Crippen LogP contribution in [-0.2, 0) is 0 Å². The molecule has 0 atom stereocenters. The molecule has 0 heterocycles. The number of thiocarbonyl (C=S) groups is 1. The van der Waals surface area contributed by atoms with Crippen molar-refractivity contribution in [3.63, 3.8) is 0 Å². The van der Waals surface area contributed by atoms with E-state index in [0.29, 0.717) is 4.32 Å². The first-order valence-electron chi connectivity index (χ1n) is 2.70. The molecule has 7 heteroatoms. The third-order valence-corrected chi connectivity index (χ3v) is 1.58. The van der Waals surface area contributed by atoms with E-state index < -0.39 is 0 Å².